The lowest BCUT2D eigenvalue weighted by Gasteiger charge is -2.12. The van der Waals surface area contributed by atoms with Crippen LogP contribution in [0.25, 0.3) is 33.5 Å². The number of hydrogen-bond acceptors (Lipinski definition) is 3. The minimum atomic E-state index is -0.192. The molecule has 0 fully saturated rings. The van der Waals surface area contributed by atoms with Crippen molar-refractivity contribution in [2.45, 2.75) is 44.5 Å². The van der Waals surface area contributed by atoms with Gasteiger partial charge in [-0.15, -0.1) is 0 Å². The normalized spacial score (nSPS) is 11.1. The summed E-state index contributed by atoms with van der Waals surface area (Å²) in [4.78, 5) is 9.69. The Morgan fingerprint density at radius 3 is 2.05 bits per heavy atom. The Hall–Kier alpha value is -3.47. The van der Waals surface area contributed by atoms with E-state index in [1.165, 1.54) is 16.7 Å². The van der Waals surface area contributed by atoms with Crippen molar-refractivity contribution in [3.63, 3.8) is 0 Å². The summed E-state index contributed by atoms with van der Waals surface area (Å²) in [5.74, 6) is 0.594. The van der Waals surface area contributed by atoms with E-state index >= 15 is 0 Å². The van der Waals surface area contributed by atoms with Crippen LogP contribution in [0.5, 0.6) is 0 Å². The number of thioether (sulfide) groups is 1. The molecule has 5 heteroatoms. The van der Waals surface area contributed by atoms with E-state index in [4.69, 9.17) is 21.6 Å². The maximum Gasteiger partial charge on any atom is 0.188 e. The van der Waals surface area contributed by atoms with Crippen LogP contribution in [0.3, 0.4) is 0 Å². The van der Waals surface area contributed by atoms with Gasteiger partial charge in [0.25, 0.3) is 0 Å². The van der Waals surface area contributed by atoms with Crippen LogP contribution in [0.2, 0.25) is 5.02 Å². The van der Waals surface area contributed by atoms with Crippen molar-refractivity contribution in [2.24, 2.45) is 0 Å². The zero-order chi connectivity index (χ0) is 27.4. The Balaban J connectivity index is 1.49. The van der Waals surface area contributed by atoms with Crippen LogP contribution >= 0.6 is 23.4 Å². The van der Waals surface area contributed by atoms with Crippen molar-refractivity contribution in [2.75, 3.05) is 0 Å². The van der Waals surface area contributed by atoms with Gasteiger partial charge in [0.2, 0.25) is 0 Å². The molecule has 0 radical (unpaired) electrons. The summed E-state index contributed by atoms with van der Waals surface area (Å²) in [7, 11) is 0. The second-order valence-corrected chi connectivity index (χ2v) is 11.2. The highest BCUT2D eigenvalue weighted by Gasteiger charge is 2.14. The van der Waals surface area contributed by atoms with Crippen LogP contribution in [0.15, 0.2) is 96.3 Å². The highest BCUT2D eigenvalue weighted by molar-refractivity contribution is 7.98. The van der Waals surface area contributed by atoms with Gasteiger partial charge in [-0.25, -0.2) is 14.4 Å². The Kier molecular flexibility index (Phi) is 8.44. The van der Waals surface area contributed by atoms with Crippen LogP contribution in [-0.2, 0) is 12.2 Å². The van der Waals surface area contributed by atoms with E-state index in [2.05, 4.69) is 39.0 Å². The molecule has 5 rings (SSSR count). The number of aryl methyl sites for hydroxylation is 3. The van der Waals surface area contributed by atoms with Gasteiger partial charge in [0.1, 0.15) is 5.82 Å². The van der Waals surface area contributed by atoms with Crippen LogP contribution in [0, 0.1) is 19.7 Å². The molecule has 196 valence electrons. The smallest absolute Gasteiger partial charge is 0.188 e. The molecule has 2 nitrogen and oxygen atoms in total. The maximum atomic E-state index is 14.9. The van der Waals surface area contributed by atoms with Crippen molar-refractivity contribution in [1.82, 2.24) is 9.97 Å². The molecule has 0 spiro atoms. The third kappa shape index (κ3) is 6.58. The summed E-state index contributed by atoms with van der Waals surface area (Å²) in [5, 5.41) is 1.39. The molecule has 1 heterocycles. The van der Waals surface area contributed by atoms with Gasteiger partial charge >= 0.3 is 0 Å². The summed E-state index contributed by atoms with van der Waals surface area (Å²) >= 11 is 7.77. The number of aromatic nitrogens is 2. The van der Waals surface area contributed by atoms with E-state index in [1.54, 1.807) is 17.8 Å². The van der Waals surface area contributed by atoms with Crippen LogP contribution in [-0.4, -0.2) is 9.97 Å². The fraction of sp³-hybridized carbons (Fsp3) is 0.176. The molecule has 0 aliphatic heterocycles. The molecular weight excluding hydrogens is 523 g/mol. The van der Waals surface area contributed by atoms with Gasteiger partial charge in [-0.1, -0.05) is 115 Å². The molecule has 0 unspecified atom stereocenters. The maximum absolute atomic E-state index is 14.9. The molecule has 0 atom stereocenters. The average molecular weight is 553 g/mol. The van der Waals surface area contributed by atoms with Gasteiger partial charge in [-0.05, 0) is 60.7 Å². The largest absolute Gasteiger partial charge is 0.230 e. The molecule has 1 aromatic heterocycles. The minimum Gasteiger partial charge on any atom is -0.230 e. The van der Waals surface area contributed by atoms with Crippen molar-refractivity contribution >= 4 is 23.4 Å². The van der Waals surface area contributed by atoms with E-state index < -0.39 is 0 Å². The number of nitrogens with zero attached hydrogens (tertiary/aromatic N) is 2. The molecule has 5 aromatic rings. The standard InChI is InChI=1S/C34H30ClFN2S/c1-4-5-24-6-15-30(32(36)19-24)26-7-9-28(10-8-26)33-31(27-11-13-29(35)14-12-27)20-37-34(38-33)39-21-25-17-22(2)16-23(3)18-25/h6-20H,4-5,21H2,1-3H3. The number of hydrogen-bond donors (Lipinski definition) is 0. The first-order chi connectivity index (χ1) is 18.9. The van der Waals surface area contributed by atoms with E-state index in [0.29, 0.717) is 15.7 Å². The fourth-order valence-electron chi connectivity index (χ4n) is 4.84. The molecule has 0 saturated heterocycles. The van der Waals surface area contributed by atoms with Crippen molar-refractivity contribution in [3.05, 3.63) is 124 Å². The first-order valence-corrected chi connectivity index (χ1v) is 14.5. The van der Waals surface area contributed by atoms with Crippen LogP contribution in [0.4, 0.5) is 4.39 Å². The number of halogens is 2. The number of rotatable bonds is 8. The Bertz CT molecular complexity index is 1580. The number of benzene rings is 4. The van der Waals surface area contributed by atoms with Gasteiger partial charge in [-0.3, -0.25) is 0 Å². The predicted molar refractivity (Wildman–Crippen MR) is 163 cm³/mol. The second kappa shape index (κ2) is 12.1. The average Bonchev–Trinajstić information content (AvgIpc) is 2.92. The van der Waals surface area contributed by atoms with Gasteiger partial charge < -0.3 is 0 Å². The minimum absolute atomic E-state index is 0.192. The lowest BCUT2D eigenvalue weighted by Crippen LogP contribution is -1.96. The van der Waals surface area contributed by atoms with E-state index in [0.717, 1.165) is 52.1 Å². The Labute approximate surface area is 239 Å². The molecule has 0 aliphatic carbocycles. The van der Waals surface area contributed by atoms with Crippen molar-refractivity contribution in [3.8, 4) is 33.5 Å². The molecule has 39 heavy (non-hydrogen) atoms. The topological polar surface area (TPSA) is 25.8 Å². The lowest BCUT2D eigenvalue weighted by molar-refractivity contribution is 0.628. The van der Waals surface area contributed by atoms with Crippen LogP contribution < -0.4 is 0 Å². The van der Waals surface area contributed by atoms with Gasteiger partial charge in [0, 0.05) is 33.7 Å². The molecule has 0 N–H and O–H groups in total. The van der Waals surface area contributed by atoms with Gasteiger partial charge in [-0.2, -0.15) is 0 Å². The van der Waals surface area contributed by atoms with Crippen LogP contribution in [0.1, 0.15) is 35.6 Å². The van der Waals surface area contributed by atoms with E-state index in [-0.39, 0.29) is 5.82 Å². The third-order valence-electron chi connectivity index (χ3n) is 6.61. The lowest BCUT2D eigenvalue weighted by atomic mass is 9.97. The SMILES string of the molecule is CCCc1ccc(-c2ccc(-c3nc(SCc4cc(C)cc(C)c4)ncc3-c3ccc(Cl)cc3)cc2)c(F)c1. The summed E-state index contributed by atoms with van der Waals surface area (Å²) in [6.45, 7) is 6.33. The van der Waals surface area contributed by atoms with Gasteiger partial charge in [0.15, 0.2) is 5.16 Å². The molecular formula is C34H30ClFN2S. The first-order valence-electron chi connectivity index (χ1n) is 13.1. The third-order valence-corrected chi connectivity index (χ3v) is 7.80. The monoisotopic (exact) mass is 552 g/mol. The fourth-order valence-corrected chi connectivity index (χ4v) is 5.71. The van der Waals surface area contributed by atoms with Crippen molar-refractivity contribution in [1.29, 1.82) is 0 Å². The zero-order valence-electron chi connectivity index (χ0n) is 22.3. The predicted octanol–water partition coefficient (Wildman–Crippen LogP) is 10.1. The van der Waals surface area contributed by atoms with E-state index in [9.17, 15) is 4.39 Å². The Morgan fingerprint density at radius 2 is 1.38 bits per heavy atom. The summed E-state index contributed by atoms with van der Waals surface area (Å²) in [5.41, 5.74) is 9.91. The van der Waals surface area contributed by atoms with Crippen molar-refractivity contribution < 1.29 is 4.39 Å². The summed E-state index contributed by atoms with van der Waals surface area (Å²) in [6, 6.07) is 27.8. The first kappa shape index (κ1) is 27.1. The molecule has 0 saturated carbocycles. The summed E-state index contributed by atoms with van der Waals surface area (Å²) in [6.07, 6.45) is 3.75. The second-order valence-electron chi connectivity index (χ2n) is 9.85. The Morgan fingerprint density at radius 1 is 0.744 bits per heavy atom. The molecule has 4 aromatic carbocycles. The molecule has 0 amide bonds. The zero-order valence-corrected chi connectivity index (χ0v) is 23.9. The van der Waals surface area contributed by atoms with Gasteiger partial charge in [0.05, 0.1) is 5.69 Å². The molecule has 0 bridgehead atoms. The highest BCUT2D eigenvalue weighted by atomic mass is 35.5. The molecule has 0 aliphatic rings. The highest BCUT2D eigenvalue weighted by Crippen LogP contribution is 2.34. The van der Waals surface area contributed by atoms with E-state index in [1.807, 2.05) is 66.9 Å². The quantitative estimate of drug-likeness (QED) is 0.141. The summed E-state index contributed by atoms with van der Waals surface area (Å²) < 4.78 is 14.9.